The highest BCUT2D eigenvalue weighted by atomic mass is 19.1. The number of rotatable bonds is 5. The summed E-state index contributed by atoms with van der Waals surface area (Å²) in [6.45, 7) is 3.54. The van der Waals surface area contributed by atoms with Crippen LogP contribution in [-0.4, -0.2) is 40.3 Å². The van der Waals surface area contributed by atoms with Crippen molar-refractivity contribution in [1.29, 1.82) is 0 Å². The fraction of sp³-hybridized carbons (Fsp3) is 0.467. The number of hydrogen-bond donors (Lipinski definition) is 1. The standard InChI is InChI=1S/C15H19FN4O/c1-3-11-7-12(21-19-11)8-20(2)9-15-17-13-5-4-10(16)6-14(13)18-15/h4-6,12H,3,7-9H2,1-2H3,(H,17,18)/t12-/m1/s1. The van der Waals surface area contributed by atoms with E-state index in [1.54, 1.807) is 6.07 Å². The molecule has 0 amide bonds. The number of H-pyrrole nitrogens is 1. The van der Waals surface area contributed by atoms with E-state index < -0.39 is 0 Å². The first kappa shape index (κ1) is 14.0. The fourth-order valence-corrected chi connectivity index (χ4v) is 2.57. The third-order valence-corrected chi connectivity index (χ3v) is 3.63. The van der Waals surface area contributed by atoms with Crippen LogP contribution in [0.15, 0.2) is 23.4 Å². The van der Waals surface area contributed by atoms with Crippen molar-refractivity contribution in [2.75, 3.05) is 13.6 Å². The monoisotopic (exact) mass is 290 g/mol. The van der Waals surface area contributed by atoms with Crippen LogP contribution >= 0.6 is 0 Å². The van der Waals surface area contributed by atoms with E-state index in [2.05, 4.69) is 26.9 Å². The lowest BCUT2D eigenvalue weighted by atomic mass is 10.1. The summed E-state index contributed by atoms with van der Waals surface area (Å²) >= 11 is 0. The van der Waals surface area contributed by atoms with Gasteiger partial charge in [-0.25, -0.2) is 9.37 Å². The number of imidazole rings is 1. The molecule has 5 nitrogen and oxygen atoms in total. The van der Waals surface area contributed by atoms with Crippen LogP contribution in [0.2, 0.25) is 0 Å². The summed E-state index contributed by atoms with van der Waals surface area (Å²) in [6.07, 6.45) is 1.95. The second-order valence-electron chi connectivity index (χ2n) is 5.48. The van der Waals surface area contributed by atoms with Gasteiger partial charge in [-0.05, 0) is 31.7 Å². The van der Waals surface area contributed by atoms with Crippen molar-refractivity contribution in [3.63, 3.8) is 0 Å². The van der Waals surface area contributed by atoms with Gasteiger partial charge in [-0.3, -0.25) is 4.90 Å². The van der Waals surface area contributed by atoms with Crippen LogP contribution in [-0.2, 0) is 11.4 Å². The molecule has 0 radical (unpaired) electrons. The van der Waals surface area contributed by atoms with Gasteiger partial charge < -0.3 is 9.82 Å². The van der Waals surface area contributed by atoms with Gasteiger partial charge in [-0.1, -0.05) is 12.1 Å². The van der Waals surface area contributed by atoms with Gasteiger partial charge in [0.25, 0.3) is 0 Å². The van der Waals surface area contributed by atoms with Crippen molar-refractivity contribution in [2.24, 2.45) is 5.16 Å². The van der Waals surface area contributed by atoms with Crippen LogP contribution < -0.4 is 0 Å². The van der Waals surface area contributed by atoms with Crippen LogP contribution in [0, 0.1) is 5.82 Å². The second-order valence-corrected chi connectivity index (χ2v) is 5.48. The van der Waals surface area contributed by atoms with E-state index in [4.69, 9.17) is 4.84 Å². The zero-order chi connectivity index (χ0) is 14.8. The molecule has 1 aromatic heterocycles. The van der Waals surface area contributed by atoms with E-state index in [1.165, 1.54) is 12.1 Å². The molecule has 21 heavy (non-hydrogen) atoms. The average molecular weight is 290 g/mol. The van der Waals surface area contributed by atoms with Crippen molar-refractivity contribution in [3.05, 3.63) is 29.8 Å². The predicted octanol–water partition coefficient (Wildman–Crippen LogP) is 2.69. The van der Waals surface area contributed by atoms with Gasteiger partial charge in [0.2, 0.25) is 0 Å². The van der Waals surface area contributed by atoms with Crippen molar-refractivity contribution >= 4 is 16.7 Å². The normalized spacial score (nSPS) is 18.3. The molecule has 0 spiro atoms. The van der Waals surface area contributed by atoms with Crippen LogP contribution in [0.5, 0.6) is 0 Å². The maximum Gasteiger partial charge on any atom is 0.145 e. The molecule has 2 heterocycles. The van der Waals surface area contributed by atoms with Gasteiger partial charge in [0.1, 0.15) is 17.7 Å². The predicted molar refractivity (Wildman–Crippen MR) is 79.6 cm³/mol. The Labute approximate surface area is 122 Å². The molecule has 0 fully saturated rings. The minimum atomic E-state index is -0.255. The van der Waals surface area contributed by atoms with Crippen molar-refractivity contribution in [3.8, 4) is 0 Å². The number of benzene rings is 1. The molecule has 1 aromatic carbocycles. The number of oxime groups is 1. The van der Waals surface area contributed by atoms with Crippen LogP contribution in [0.25, 0.3) is 11.0 Å². The number of halogens is 1. The molecule has 6 heteroatoms. The first-order valence-electron chi connectivity index (χ1n) is 7.18. The third kappa shape index (κ3) is 3.21. The molecular formula is C15H19FN4O. The third-order valence-electron chi connectivity index (χ3n) is 3.63. The highest BCUT2D eigenvalue weighted by Crippen LogP contribution is 2.16. The van der Waals surface area contributed by atoms with Crippen LogP contribution in [0.4, 0.5) is 4.39 Å². The number of likely N-dealkylation sites (N-methyl/N-ethyl adjacent to an activating group) is 1. The van der Waals surface area contributed by atoms with Gasteiger partial charge in [-0.2, -0.15) is 0 Å². The summed E-state index contributed by atoms with van der Waals surface area (Å²) in [6, 6.07) is 4.58. The summed E-state index contributed by atoms with van der Waals surface area (Å²) in [7, 11) is 2.01. The molecule has 0 saturated heterocycles. The maximum absolute atomic E-state index is 13.2. The largest absolute Gasteiger partial charge is 0.391 e. The van der Waals surface area contributed by atoms with Gasteiger partial charge in [-0.15, -0.1) is 0 Å². The molecule has 1 N–H and O–H groups in total. The number of fused-ring (bicyclic) bond motifs is 1. The summed E-state index contributed by atoms with van der Waals surface area (Å²) in [4.78, 5) is 15.2. The number of aromatic nitrogens is 2. The zero-order valence-corrected chi connectivity index (χ0v) is 12.3. The Hall–Kier alpha value is -1.95. The highest BCUT2D eigenvalue weighted by molar-refractivity contribution is 5.85. The summed E-state index contributed by atoms with van der Waals surface area (Å²) in [5.74, 6) is 0.572. The van der Waals surface area contributed by atoms with Crippen LogP contribution in [0.1, 0.15) is 25.6 Å². The molecule has 0 bridgehead atoms. The molecule has 1 atom stereocenters. The molecule has 0 unspecified atom stereocenters. The summed E-state index contributed by atoms with van der Waals surface area (Å²) < 4.78 is 13.2. The Kier molecular flexibility index (Phi) is 3.88. The number of nitrogens with zero attached hydrogens (tertiary/aromatic N) is 3. The van der Waals surface area contributed by atoms with Crippen molar-refractivity contribution in [2.45, 2.75) is 32.4 Å². The van der Waals surface area contributed by atoms with Gasteiger partial charge in [0.05, 0.1) is 23.3 Å². The Morgan fingerprint density at radius 3 is 3.10 bits per heavy atom. The minimum absolute atomic E-state index is 0.117. The Morgan fingerprint density at radius 1 is 1.48 bits per heavy atom. The van der Waals surface area contributed by atoms with E-state index in [9.17, 15) is 4.39 Å². The van der Waals surface area contributed by atoms with E-state index in [-0.39, 0.29) is 11.9 Å². The molecule has 2 aromatic rings. The molecule has 3 rings (SSSR count). The van der Waals surface area contributed by atoms with E-state index >= 15 is 0 Å². The van der Waals surface area contributed by atoms with Gasteiger partial charge >= 0.3 is 0 Å². The van der Waals surface area contributed by atoms with E-state index in [0.29, 0.717) is 6.54 Å². The Morgan fingerprint density at radius 2 is 2.33 bits per heavy atom. The smallest absolute Gasteiger partial charge is 0.145 e. The van der Waals surface area contributed by atoms with Crippen molar-refractivity contribution < 1.29 is 9.23 Å². The molecule has 1 aliphatic rings. The maximum atomic E-state index is 13.2. The molecule has 112 valence electrons. The fourth-order valence-electron chi connectivity index (χ4n) is 2.57. The topological polar surface area (TPSA) is 53.5 Å². The van der Waals surface area contributed by atoms with Gasteiger partial charge in [0.15, 0.2) is 0 Å². The summed E-state index contributed by atoms with van der Waals surface area (Å²) in [5, 5.41) is 4.07. The van der Waals surface area contributed by atoms with E-state index in [1.807, 2.05) is 7.05 Å². The van der Waals surface area contributed by atoms with Gasteiger partial charge in [0, 0.05) is 13.0 Å². The lowest BCUT2D eigenvalue weighted by Crippen LogP contribution is -2.29. The minimum Gasteiger partial charge on any atom is -0.391 e. The Bertz CT molecular complexity index is 667. The first-order valence-corrected chi connectivity index (χ1v) is 7.18. The van der Waals surface area contributed by atoms with E-state index in [0.717, 1.165) is 42.0 Å². The lowest BCUT2D eigenvalue weighted by molar-refractivity contribution is 0.0572. The highest BCUT2D eigenvalue weighted by Gasteiger charge is 2.21. The number of hydrogen-bond acceptors (Lipinski definition) is 4. The zero-order valence-electron chi connectivity index (χ0n) is 12.3. The molecule has 0 aliphatic carbocycles. The van der Waals surface area contributed by atoms with Crippen LogP contribution in [0.3, 0.4) is 0 Å². The first-order chi connectivity index (χ1) is 10.1. The number of aromatic amines is 1. The van der Waals surface area contributed by atoms with Crippen molar-refractivity contribution in [1.82, 2.24) is 14.9 Å². The molecular weight excluding hydrogens is 271 g/mol. The summed E-state index contributed by atoms with van der Waals surface area (Å²) in [5.41, 5.74) is 2.63. The molecule has 0 saturated carbocycles. The Balaban J connectivity index is 1.60. The average Bonchev–Trinajstić information content (AvgIpc) is 3.04. The number of nitrogens with one attached hydrogen (secondary N) is 1. The molecule has 1 aliphatic heterocycles. The second kappa shape index (κ2) is 5.81. The SMILES string of the molecule is CCC1=NO[C@@H](CN(C)Cc2nc3ccc(F)cc3[nH]2)C1. The lowest BCUT2D eigenvalue weighted by Gasteiger charge is -2.18. The quantitative estimate of drug-likeness (QED) is 0.921.